The molecule has 1 nitrogen and oxygen atoms in total. The molecule has 1 unspecified atom stereocenters. The van der Waals surface area contributed by atoms with Crippen LogP contribution in [-0.4, -0.2) is 6.61 Å². The highest BCUT2D eigenvalue weighted by Crippen LogP contribution is 2.42. The minimum atomic E-state index is -0.297. The van der Waals surface area contributed by atoms with Gasteiger partial charge in [0.2, 0.25) is 0 Å². The number of rotatable bonds is 2. The number of alkyl halides is 1. The lowest BCUT2D eigenvalue weighted by atomic mass is 10.0. The van der Waals surface area contributed by atoms with E-state index in [0.29, 0.717) is 11.6 Å². The van der Waals surface area contributed by atoms with Crippen LogP contribution in [0.25, 0.3) is 0 Å². The molecule has 0 spiro atoms. The van der Waals surface area contributed by atoms with Crippen molar-refractivity contribution in [3.8, 4) is 5.75 Å². The average molecular weight is 437 g/mol. The number of hydrogen-bond donors (Lipinski definition) is 0. The van der Waals surface area contributed by atoms with E-state index in [-0.39, 0.29) is 5.38 Å². The number of ether oxygens (including phenoxy) is 1. The second-order valence-corrected chi connectivity index (χ2v) is 7.35. The zero-order valence-electron chi connectivity index (χ0n) is 10.3. The minimum Gasteiger partial charge on any atom is -0.493 e. The smallest absolute Gasteiger partial charge is 0.127 e. The summed E-state index contributed by atoms with van der Waals surface area (Å²) in [5, 5.41) is 0.363. The first-order valence-electron chi connectivity index (χ1n) is 6.10. The molecule has 0 fully saturated rings. The highest BCUT2D eigenvalue weighted by atomic mass is 79.9. The predicted molar refractivity (Wildman–Crippen MR) is 90.2 cm³/mol. The molecule has 104 valence electrons. The van der Waals surface area contributed by atoms with Crippen LogP contribution in [-0.2, 0) is 6.42 Å². The quantitative estimate of drug-likeness (QED) is 0.514. The minimum absolute atomic E-state index is 0.297. The Morgan fingerprint density at radius 2 is 1.80 bits per heavy atom. The van der Waals surface area contributed by atoms with Crippen molar-refractivity contribution < 1.29 is 4.74 Å². The van der Waals surface area contributed by atoms with Crippen molar-refractivity contribution in [3.05, 3.63) is 61.0 Å². The van der Waals surface area contributed by atoms with Gasteiger partial charge in [0, 0.05) is 26.0 Å². The van der Waals surface area contributed by atoms with Crippen LogP contribution >= 0.6 is 55.1 Å². The van der Waals surface area contributed by atoms with Gasteiger partial charge < -0.3 is 4.74 Å². The summed E-state index contributed by atoms with van der Waals surface area (Å²) in [4.78, 5) is 0. The highest BCUT2D eigenvalue weighted by Gasteiger charge is 2.23. The Kier molecular flexibility index (Phi) is 4.32. The molecule has 0 amide bonds. The van der Waals surface area contributed by atoms with E-state index in [2.05, 4.69) is 37.9 Å². The Labute approximate surface area is 144 Å². The molecule has 0 saturated heterocycles. The normalized spacial score (nSPS) is 14.8. The fourth-order valence-electron chi connectivity index (χ4n) is 2.39. The Balaban J connectivity index is 2.08. The van der Waals surface area contributed by atoms with Crippen LogP contribution in [0.2, 0.25) is 5.02 Å². The van der Waals surface area contributed by atoms with E-state index in [1.54, 1.807) is 0 Å². The zero-order valence-corrected chi connectivity index (χ0v) is 15.0. The molecule has 0 bridgehead atoms. The molecule has 0 aliphatic carbocycles. The monoisotopic (exact) mass is 434 g/mol. The summed E-state index contributed by atoms with van der Waals surface area (Å²) in [7, 11) is 0. The Morgan fingerprint density at radius 3 is 2.55 bits per heavy atom. The van der Waals surface area contributed by atoms with Crippen molar-refractivity contribution in [2.45, 2.75) is 11.8 Å². The van der Waals surface area contributed by atoms with Crippen molar-refractivity contribution in [1.82, 2.24) is 0 Å². The van der Waals surface area contributed by atoms with Gasteiger partial charge in [0.25, 0.3) is 0 Å². The van der Waals surface area contributed by atoms with Gasteiger partial charge in [-0.05, 0) is 41.5 Å². The Hall–Kier alpha value is -0.220. The lowest BCUT2D eigenvalue weighted by Gasteiger charge is -2.15. The van der Waals surface area contributed by atoms with Gasteiger partial charge in [-0.3, -0.25) is 0 Å². The standard InChI is InChI=1S/C15H10Br2Cl2O/c16-10-4-9(5-12(18)6-10)14(19)13-7-11(17)3-8-1-2-20-15(8)13/h3-7,14H,1-2H2. The van der Waals surface area contributed by atoms with Crippen LogP contribution in [0.4, 0.5) is 0 Å². The van der Waals surface area contributed by atoms with Gasteiger partial charge in [0.1, 0.15) is 5.75 Å². The fourth-order valence-corrected chi connectivity index (χ4v) is 4.08. The maximum absolute atomic E-state index is 6.65. The van der Waals surface area contributed by atoms with E-state index in [1.807, 2.05) is 24.3 Å². The lowest BCUT2D eigenvalue weighted by Crippen LogP contribution is -1.98. The van der Waals surface area contributed by atoms with E-state index in [0.717, 1.165) is 32.2 Å². The number of hydrogen-bond acceptors (Lipinski definition) is 1. The molecule has 2 aromatic rings. The summed E-state index contributed by atoms with van der Waals surface area (Å²) in [5.41, 5.74) is 3.12. The fraction of sp³-hybridized carbons (Fsp3) is 0.200. The third-order valence-corrected chi connectivity index (χ3v) is 4.85. The SMILES string of the molecule is Clc1cc(Br)cc(C(Cl)c2cc(Br)cc3c2OCC3)c1. The molecule has 0 saturated carbocycles. The molecule has 0 N–H and O–H groups in total. The van der Waals surface area contributed by atoms with Crippen LogP contribution < -0.4 is 4.74 Å². The van der Waals surface area contributed by atoms with E-state index in [1.165, 1.54) is 5.56 Å². The molecule has 1 aliphatic rings. The maximum atomic E-state index is 6.65. The first-order chi connectivity index (χ1) is 9.54. The second kappa shape index (κ2) is 5.88. The Morgan fingerprint density at radius 1 is 1.05 bits per heavy atom. The average Bonchev–Trinajstić information content (AvgIpc) is 2.83. The van der Waals surface area contributed by atoms with Crippen molar-refractivity contribution in [1.29, 1.82) is 0 Å². The van der Waals surface area contributed by atoms with Gasteiger partial charge in [-0.25, -0.2) is 0 Å². The number of halogens is 4. The largest absolute Gasteiger partial charge is 0.493 e. The summed E-state index contributed by atoms with van der Waals surface area (Å²) in [5.74, 6) is 0.907. The molecule has 0 radical (unpaired) electrons. The van der Waals surface area contributed by atoms with Crippen molar-refractivity contribution in [2.24, 2.45) is 0 Å². The summed E-state index contributed by atoms with van der Waals surface area (Å²) < 4.78 is 7.67. The summed E-state index contributed by atoms with van der Waals surface area (Å²) in [6.07, 6.45) is 0.921. The van der Waals surface area contributed by atoms with E-state index >= 15 is 0 Å². The second-order valence-electron chi connectivity index (χ2n) is 4.65. The van der Waals surface area contributed by atoms with Crippen LogP contribution in [0.15, 0.2) is 39.3 Å². The van der Waals surface area contributed by atoms with Gasteiger partial charge in [-0.1, -0.05) is 43.5 Å². The van der Waals surface area contributed by atoms with Gasteiger partial charge >= 0.3 is 0 Å². The van der Waals surface area contributed by atoms with Crippen molar-refractivity contribution in [3.63, 3.8) is 0 Å². The molecular weight excluding hydrogens is 427 g/mol. The first-order valence-corrected chi connectivity index (χ1v) is 8.50. The Bertz CT molecular complexity index is 653. The molecule has 1 aliphatic heterocycles. The van der Waals surface area contributed by atoms with E-state index in [4.69, 9.17) is 27.9 Å². The van der Waals surface area contributed by atoms with E-state index in [9.17, 15) is 0 Å². The molecule has 0 aromatic heterocycles. The van der Waals surface area contributed by atoms with Gasteiger partial charge in [-0.15, -0.1) is 11.6 Å². The van der Waals surface area contributed by atoms with Gasteiger partial charge in [0.05, 0.1) is 12.0 Å². The molecule has 3 rings (SSSR count). The summed E-state index contributed by atoms with van der Waals surface area (Å²) in [6.45, 7) is 0.710. The summed E-state index contributed by atoms with van der Waals surface area (Å²) >= 11 is 19.7. The molecule has 1 atom stereocenters. The first kappa shape index (κ1) is 14.7. The maximum Gasteiger partial charge on any atom is 0.127 e. The van der Waals surface area contributed by atoms with Gasteiger partial charge in [0.15, 0.2) is 0 Å². The molecule has 5 heteroatoms. The third kappa shape index (κ3) is 2.87. The lowest BCUT2D eigenvalue weighted by molar-refractivity contribution is 0.353. The van der Waals surface area contributed by atoms with Crippen LogP contribution in [0.3, 0.4) is 0 Å². The van der Waals surface area contributed by atoms with Crippen LogP contribution in [0.5, 0.6) is 5.75 Å². The molecule has 20 heavy (non-hydrogen) atoms. The highest BCUT2D eigenvalue weighted by molar-refractivity contribution is 9.10. The predicted octanol–water partition coefficient (Wildman–Crippen LogP) is 6.13. The van der Waals surface area contributed by atoms with Crippen molar-refractivity contribution in [2.75, 3.05) is 6.61 Å². The summed E-state index contributed by atoms with van der Waals surface area (Å²) in [6, 6.07) is 9.80. The van der Waals surface area contributed by atoms with Crippen LogP contribution in [0, 0.1) is 0 Å². The molecule has 2 aromatic carbocycles. The molecular formula is C15H10Br2Cl2O. The zero-order chi connectivity index (χ0) is 14.3. The van der Waals surface area contributed by atoms with Crippen LogP contribution in [0.1, 0.15) is 22.1 Å². The van der Waals surface area contributed by atoms with E-state index < -0.39 is 0 Å². The molecule has 1 heterocycles. The van der Waals surface area contributed by atoms with Gasteiger partial charge in [-0.2, -0.15) is 0 Å². The topological polar surface area (TPSA) is 9.23 Å². The number of fused-ring (bicyclic) bond motifs is 1. The third-order valence-electron chi connectivity index (χ3n) is 3.23. The van der Waals surface area contributed by atoms with Crippen molar-refractivity contribution >= 4 is 55.1 Å². The number of benzene rings is 2.